The van der Waals surface area contributed by atoms with Crippen LogP contribution in [0.4, 0.5) is 0 Å². The smallest absolute Gasteiger partial charge is 0.306 e. The molecule has 0 aromatic heterocycles. The van der Waals surface area contributed by atoms with Crippen LogP contribution >= 0.6 is 0 Å². The van der Waals surface area contributed by atoms with Gasteiger partial charge in [0.15, 0.2) is 6.61 Å². The summed E-state index contributed by atoms with van der Waals surface area (Å²) in [5, 5.41) is 2.72. The second-order valence-corrected chi connectivity index (χ2v) is 9.62. The maximum absolute atomic E-state index is 12.8. The van der Waals surface area contributed by atoms with Crippen LogP contribution in [-0.4, -0.2) is 50.8 Å². The van der Waals surface area contributed by atoms with Gasteiger partial charge in [0.25, 0.3) is 5.91 Å². The van der Waals surface area contributed by atoms with E-state index in [2.05, 4.69) is 12.2 Å². The number of benzene rings is 1. The summed E-state index contributed by atoms with van der Waals surface area (Å²) in [5.41, 5.74) is 0.853. The van der Waals surface area contributed by atoms with Gasteiger partial charge in [0.2, 0.25) is 10.0 Å². The van der Waals surface area contributed by atoms with Gasteiger partial charge in [-0.05, 0) is 43.4 Å². The van der Waals surface area contributed by atoms with Crippen LogP contribution in [0.3, 0.4) is 0 Å². The minimum atomic E-state index is -3.47. The van der Waals surface area contributed by atoms with E-state index in [4.69, 9.17) is 4.74 Å². The van der Waals surface area contributed by atoms with Crippen molar-refractivity contribution in [2.24, 2.45) is 0 Å². The van der Waals surface area contributed by atoms with E-state index in [1.165, 1.54) is 0 Å². The molecular formula is C22H34N2O5S. The molecule has 2 rings (SSSR count). The standard InChI is InChI=1S/C22H34N2O5S/c1-2-3-6-15-23-21(25)18-29-22(26)14-11-19-9-12-20(13-10-19)30(27,28)24-16-7-4-5-8-17-24/h9-10,12-13H,2-8,11,14-18H2,1H3,(H,23,25). The van der Waals surface area contributed by atoms with Gasteiger partial charge in [-0.15, -0.1) is 0 Å². The average Bonchev–Trinajstić information content (AvgIpc) is 3.04. The van der Waals surface area contributed by atoms with Crippen LogP contribution in [0.15, 0.2) is 29.2 Å². The number of unbranched alkanes of at least 4 members (excludes halogenated alkanes) is 2. The Morgan fingerprint density at radius 1 is 1.03 bits per heavy atom. The summed E-state index contributed by atoms with van der Waals surface area (Å²) in [6, 6.07) is 6.67. The van der Waals surface area contributed by atoms with E-state index in [1.54, 1.807) is 28.6 Å². The van der Waals surface area contributed by atoms with Gasteiger partial charge < -0.3 is 10.1 Å². The van der Waals surface area contributed by atoms with Gasteiger partial charge in [-0.1, -0.05) is 44.7 Å². The Hall–Kier alpha value is -1.93. The predicted octanol–water partition coefficient (Wildman–Crippen LogP) is 3.03. The van der Waals surface area contributed by atoms with Gasteiger partial charge in [0, 0.05) is 26.1 Å². The third-order valence-corrected chi connectivity index (χ3v) is 7.12. The lowest BCUT2D eigenvalue weighted by molar-refractivity contribution is -0.148. The topological polar surface area (TPSA) is 92.8 Å². The van der Waals surface area contributed by atoms with Gasteiger partial charge in [-0.25, -0.2) is 8.42 Å². The minimum absolute atomic E-state index is 0.140. The zero-order chi connectivity index (χ0) is 21.8. The Kier molecular flexibility index (Phi) is 10.3. The summed E-state index contributed by atoms with van der Waals surface area (Å²) in [7, 11) is -3.47. The molecule has 0 unspecified atom stereocenters. The monoisotopic (exact) mass is 438 g/mol. The molecule has 0 spiro atoms. The molecule has 0 saturated carbocycles. The van der Waals surface area contributed by atoms with Crippen molar-refractivity contribution in [3.05, 3.63) is 29.8 Å². The van der Waals surface area contributed by atoms with Gasteiger partial charge in [0.1, 0.15) is 0 Å². The highest BCUT2D eigenvalue weighted by Crippen LogP contribution is 2.21. The zero-order valence-corrected chi connectivity index (χ0v) is 18.7. The van der Waals surface area contributed by atoms with Gasteiger partial charge in [-0.2, -0.15) is 4.31 Å². The molecule has 30 heavy (non-hydrogen) atoms. The second-order valence-electron chi connectivity index (χ2n) is 7.68. The van der Waals surface area contributed by atoms with Crippen molar-refractivity contribution in [3.8, 4) is 0 Å². The van der Waals surface area contributed by atoms with Crippen molar-refractivity contribution in [3.63, 3.8) is 0 Å². The van der Waals surface area contributed by atoms with Crippen molar-refractivity contribution in [2.75, 3.05) is 26.2 Å². The molecule has 1 amide bonds. The average molecular weight is 439 g/mol. The first-order valence-electron chi connectivity index (χ1n) is 10.9. The molecule has 1 N–H and O–H groups in total. The highest BCUT2D eigenvalue weighted by molar-refractivity contribution is 7.89. The van der Waals surface area contributed by atoms with Crippen molar-refractivity contribution >= 4 is 21.9 Å². The number of ether oxygens (including phenoxy) is 1. The predicted molar refractivity (Wildman–Crippen MR) is 115 cm³/mol. The van der Waals surface area contributed by atoms with E-state index >= 15 is 0 Å². The Morgan fingerprint density at radius 2 is 1.70 bits per heavy atom. The van der Waals surface area contributed by atoms with E-state index < -0.39 is 16.0 Å². The Morgan fingerprint density at radius 3 is 2.33 bits per heavy atom. The Balaban J connectivity index is 1.76. The molecule has 1 aromatic carbocycles. The first kappa shape index (κ1) is 24.3. The van der Waals surface area contributed by atoms with Crippen molar-refractivity contribution in [2.45, 2.75) is 69.6 Å². The number of carbonyl (C=O) groups excluding carboxylic acids is 2. The number of nitrogens with one attached hydrogen (secondary N) is 1. The number of amides is 1. The SMILES string of the molecule is CCCCCNC(=O)COC(=O)CCc1ccc(S(=O)(=O)N2CCCCCC2)cc1. The molecule has 1 heterocycles. The van der Waals surface area contributed by atoms with Crippen molar-refractivity contribution in [1.29, 1.82) is 0 Å². The van der Waals surface area contributed by atoms with Crippen LogP contribution < -0.4 is 5.32 Å². The van der Waals surface area contributed by atoms with Gasteiger partial charge in [0.05, 0.1) is 4.90 Å². The Labute approximate surface area is 180 Å². The number of carbonyl (C=O) groups is 2. The second kappa shape index (κ2) is 12.7. The molecule has 7 nitrogen and oxygen atoms in total. The molecule has 0 aliphatic carbocycles. The highest BCUT2D eigenvalue weighted by atomic mass is 32.2. The third-order valence-electron chi connectivity index (χ3n) is 5.21. The summed E-state index contributed by atoms with van der Waals surface area (Å²) < 4.78 is 32.2. The third kappa shape index (κ3) is 8.07. The molecule has 1 aromatic rings. The summed E-state index contributed by atoms with van der Waals surface area (Å²) in [4.78, 5) is 23.8. The Bertz CT molecular complexity index is 769. The summed E-state index contributed by atoms with van der Waals surface area (Å²) in [6.07, 6.45) is 7.56. The van der Waals surface area contributed by atoms with E-state index in [-0.39, 0.29) is 23.8 Å². The molecule has 1 fully saturated rings. The number of aryl methyl sites for hydroxylation is 1. The van der Waals surface area contributed by atoms with E-state index in [0.717, 1.165) is 50.5 Å². The summed E-state index contributed by atoms with van der Waals surface area (Å²) in [6.45, 7) is 3.56. The van der Waals surface area contributed by atoms with Crippen molar-refractivity contribution in [1.82, 2.24) is 9.62 Å². The number of nitrogens with zero attached hydrogens (tertiary/aromatic N) is 1. The molecule has 1 aliphatic heterocycles. The number of rotatable bonds is 11. The molecule has 168 valence electrons. The summed E-state index contributed by atoms with van der Waals surface area (Å²) >= 11 is 0. The van der Waals surface area contributed by atoms with Crippen LogP contribution in [-0.2, 0) is 30.8 Å². The zero-order valence-electron chi connectivity index (χ0n) is 17.9. The molecule has 0 bridgehead atoms. The number of esters is 1. The number of hydrogen-bond acceptors (Lipinski definition) is 5. The lowest BCUT2D eigenvalue weighted by atomic mass is 10.1. The van der Waals surface area contributed by atoms with Crippen LogP contribution in [0, 0.1) is 0 Å². The largest absolute Gasteiger partial charge is 0.456 e. The summed E-state index contributed by atoms with van der Waals surface area (Å²) in [5.74, 6) is -0.734. The number of sulfonamides is 1. The molecule has 1 aliphatic rings. The first-order valence-corrected chi connectivity index (χ1v) is 12.4. The van der Waals surface area contributed by atoms with Crippen molar-refractivity contribution < 1.29 is 22.7 Å². The molecule has 8 heteroatoms. The lowest BCUT2D eigenvalue weighted by Crippen LogP contribution is -2.31. The van der Waals surface area contributed by atoms with E-state index in [0.29, 0.717) is 26.1 Å². The van der Waals surface area contributed by atoms with E-state index in [1.807, 2.05) is 0 Å². The maximum Gasteiger partial charge on any atom is 0.306 e. The van der Waals surface area contributed by atoms with Crippen LogP contribution in [0.2, 0.25) is 0 Å². The lowest BCUT2D eigenvalue weighted by Gasteiger charge is -2.20. The maximum atomic E-state index is 12.8. The number of hydrogen-bond donors (Lipinski definition) is 1. The molecule has 1 saturated heterocycles. The fraction of sp³-hybridized carbons (Fsp3) is 0.636. The molecular weight excluding hydrogens is 404 g/mol. The first-order chi connectivity index (χ1) is 14.4. The van der Waals surface area contributed by atoms with Crippen LogP contribution in [0.1, 0.15) is 63.9 Å². The van der Waals surface area contributed by atoms with Gasteiger partial charge in [-0.3, -0.25) is 9.59 Å². The highest BCUT2D eigenvalue weighted by Gasteiger charge is 2.24. The molecule has 0 radical (unpaired) electrons. The minimum Gasteiger partial charge on any atom is -0.456 e. The molecule has 0 atom stereocenters. The fourth-order valence-corrected chi connectivity index (χ4v) is 4.89. The van der Waals surface area contributed by atoms with E-state index in [9.17, 15) is 18.0 Å². The normalized spacial score (nSPS) is 15.4. The fourth-order valence-electron chi connectivity index (χ4n) is 3.38. The van der Waals surface area contributed by atoms with Crippen LogP contribution in [0.25, 0.3) is 0 Å². The van der Waals surface area contributed by atoms with Crippen LogP contribution in [0.5, 0.6) is 0 Å². The van der Waals surface area contributed by atoms with Gasteiger partial charge >= 0.3 is 5.97 Å². The quantitative estimate of drug-likeness (QED) is 0.423.